The van der Waals surface area contributed by atoms with Crippen LogP contribution < -0.4 is 11.1 Å². The predicted molar refractivity (Wildman–Crippen MR) is 77.1 cm³/mol. The first-order valence-corrected chi connectivity index (χ1v) is 6.84. The maximum Gasteiger partial charge on any atom is 0.307 e. The van der Waals surface area contributed by atoms with E-state index in [4.69, 9.17) is 10.8 Å². The molecule has 1 aromatic rings. The summed E-state index contributed by atoms with van der Waals surface area (Å²) in [5, 5.41) is 11.7. The fourth-order valence-corrected chi connectivity index (χ4v) is 2.10. The number of carbonyl (C=O) groups is 2. The van der Waals surface area contributed by atoms with E-state index in [-0.39, 0.29) is 18.2 Å². The summed E-state index contributed by atoms with van der Waals surface area (Å²) >= 11 is 0. The second-order valence-electron chi connectivity index (χ2n) is 4.78. The van der Waals surface area contributed by atoms with E-state index < -0.39 is 5.97 Å². The average Bonchev–Trinajstić information content (AvgIpc) is 2.43. The number of carboxylic acid groups (broad SMARTS) is 1. The van der Waals surface area contributed by atoms with Crippen LogP contribution in [0, 0.1) is 5.92 Å². The lowest BCUT2D eigenvalue weighted by molar-refractivity contribution is -0.136. The van der Waals surface area contributed by atoms with Crippen molar-refractivity contribution in [3.05, 3.63) is 35.4 Å². The van der Waals surface area contributed by atoms with Crippen molar-refractivity contribution in [2.75, 3.05) is 6.54 Å². The first-order valence-electron chi connectivity index (χ1n) is 6.84. The van der Waals surface area contributed by atoms with Crippen LogP contribution in [-0.2, 0) is 22.6 Å². The Morgan fingerprint density at radius 1 is 1.30 bits per heavy atom. The number of aliphatic carboxylic acids is 1. The summed E-state index contributed by atoms with van der Waals surface area (Å²) in [6, 6.07) is 7.22. The SMILES string of the molecule is CCCC(CN)C(=O)NCc1ccccc1CC(=O)O. The molecular weight excluding hydrogens is 256 g/mol. The zero-order chi connectivity index (χ0) is 15.0. The normalized spacial score (nSPS) is 11.9. The van der Waals surface area contributed by atoms with Crippen LogP contribution in [0.2, 0.25) is 0 Å². The van der Waals surface area contributed by atoms with Gasteiger partial charge in [0.15, 0.2) is 0 Å². The Morgan fingerprint density at radius 3 is 2.50 bits per heavy atom. The number of hydrogen-bond acceptors (Lipinski definition) is 3. The minimum absolute atomic E-state index is 0.0404. The van der Waals surface area contributed by atoms with Crippen LogP contribution in [-0.4, -0.2) is 23.5 Å². The van der Waals surface area contributed by atoms with Gasteiger partial charge in [-0.25, -0.2) is 0 Å². The second-order valence-corrected chi connectivity index (χ2v) is 4.78. The molecule has 1 rings (SSSR count). The van der Waals surface area contributed by atoms with Gasteiger partial charge in [0.1, 0.15) is 0 Å². The number of nitrogens with one attached hydrogen (secondary N) is 1. The second kappa shape index (κ2) is 8.32. The van der Waals surface area contributed by atoms with Gasteiger partial charge in [-0.2, -0.15) is 0 Å². The third-order valence-corrected chi connectivity index (χ3v) is 3.21. The first-order chi connectivity index (χ1) is 9.58. The van der Waals surface area contributed by atoms with Gasteiger partial charge in [-0.1, -0.05) is 37.6 Å². The Morgan fingerprint density at radius 2 is 1.95 bits per heavy atom. The average molecular weight is 278 g/mol. The summed E-state index contributed by atoms with van der Waals surface area (Å²) in [5.41, 5.74) is 7.14. The summed E-state index contributed by atoms with van der Waals surface area (Å²) in [6.45, 7) is 2.68. The Bertz CT molecular complexity index is 460. The summed E-state index contributed by atoms with van der Waals surface area (Å²) in [4.78, 5) is 22.8. The summed E-state index contributed by atoms with van der Waals surface area (Å²) in [6.07, 6.45) is 1.63. The van der Waals surface area contributed by atoms with Crippen LogP contribution in [0.4, 0.5) is 0 Å². The third kappa shape index (κ3) is 5.01. The molecule has 110 valence electrons. The lowest BCUT2D eigenvalue weighted by Crippen LogP contribution is -2.34. The maximum atomic E-state index is 12.0. The molecule has 0 saturated heterocycles. The Kier molecular flexibility index (Phi) is 6.73. The summed E-state index contributed by atoms with van der Waals surface area (Å²) in [5.74, 6) is -1.12. The van der Waals surface area contributed by atoms with Gasteiger partial charge in [0.2, 0.25) is 5.91 Å². The molecule has 1 amide bonds. The van der Waals surface area contributed by atoms with Crippen molar-refractivity contribution in [1.29, 1.82) is 0 Å². The van der Waals surface area contributed by atoms with Crippen LogP contribution in [0.25, 0.3) is 0 Å². The van der Waals surface area contributed by atoms with E-state index in [2.05, 4.69) is 5.32 Å². The molecule has 5 nitrogen and oxygen atoms in total. The molecule has 0 spiro atoms. The van der Waals surface area contributed by atoms with E-state index in [1.807, 2.05) is 19.1 Å². The van der Waals surface area contributed by atoms with Crippen molar-refractivity contribution >= 4 is 11.9 Å². The number of hydrogen-bond donors (Lipinski definition) is 3. The van der Waals surface area contributed by atoms with Crippen molar-refractivity contribution < 1.29 is 14.7 Å². The van der Waals surface area contributed by atoms with E-state index in [0.717, 1.165) is 24.0 Å². The highest BCUT2D eigenvalue weighted by atomic mass is 16.4. The number of nitrogens with two attached hydrogens (primary N) is 1. The predicted octanol–water partition coefficient (Wildman–Crippen LogP) is 1.30. The molecule has 0 radical (unpaired) electrons. The molecule has 0 heterocycles. The van der Waals surface area contributed by atoms with Gasteiger partial charge in [0, 0.05) is 13.1 Å². The lowest BCUT2D eigenvalue weighted by Gasteiger charge is -2.15. The Hall–Kier alpha value is -1.88. The van der Waals surface area contributed by atoms with E-state index >= 15 is 0 Å². The van der Waals surface area contributed by atoms with Crippen LogP contribution >= 0.6 is 0 Å². The van der Waals surface area contributed by atoms with Crippen LogP contribution in [0.15, 0.2) is 24.3 Å². The monoisotopic (exact) mass is 278 g/mol. The molecule has 20 heavy (non-hydrogen) atoms. The molecule has 5 heteroatoms. The molecule has 0 bridgehead atoms. The molecule has 4 N–H and O–H groups in total. The molecule has 0 aliphatic carbocycles. The number of benzene rings is 1. The van der Waals surface area contributed by atoms with Gasteiger partial charge in [0.05, 0.1) is 12.3 Å². The minimum atomic E-state index is -0.880. The highest BCUT2D eigenvalue weighted by molar-refractivity contribution is 5.79. The Balaban J connectivity index is 2.65. The van der Waals surface area contributed by atoms with E-state index in [0.29, 0.717) is 13.1 Å². The zero-order valence-electron chi connectivity index (χ0n) is 11.8. The molecule has 0 aliphatic heterocycles. The van der Waals surface area contributed by atoms with Crippen LogP contribution in [0.5, 0.6) is 0 Å². The molecule has 1 aromatic carbocycles. The fourth-order valence-electron chi connectivity index (χ4n) is 2.10. The van der Waals surface area contributed by atoms with Gasteiger partial charge in [-0.3, -0.25) is 9.59 Å². The van der Waals surface area contributed by atoms with Crippen molar-refractivity contribution in [3.63, 3.8) is 0 Å². The van der Waals surface area contributed by atoms with E-state index in [1.54, 1.807) is 12.1 Å². The van der Waals surface area contributed by atoms with E-state index in [9.17, 15) is 9.59 Å². The summed E-state index contributed by atoms with van der Waals surface area (Å²) in [7, 11) is 0. The van der Waals surface area contributed by atoms with Crippen molar-refractivity contribution in [1.82, 2.24) is 5.32 Å². The highest BCUT2D eigenvalue weighted by Gasteiger charge is 2.15. The van der Waals surface area contributed by atoms with Gasteiger partial charge < -0.3 is 16.2 Å². The minimum Gasteiger partial charge on any atom is -0.481 e. The van der Waals surface area contributed by atoms with Gasteiger partial charge in [-0.15, -0.1) is 0 Å². The molecule has 0 aromatic heterocycles. The maximum absolute atomic E-state index is 12.0. The van der Waals surface area contributed by atoms with Gasteiger partial charge in [0.25, 0.3) is 0 Å². The highest BCUT2D eigenvalue weighted by Crippen LogP contribution is 2.11. The largest absolute Gasteiger partial charge is 0.481 e. The third-order valence-electron chi connectivity index (χ3n) is 3.21. The van der Waals surface area contributed by atoms with Gasteiger partial charge in [-0.05, 0) is 17.5 Å². The van der Waals surface area contributed by atoms with E-state index in [1.165, 1.54) is 0 Å². The zero-order valence-corrected chi connectivity index (χ0v) is 11.8. The first kappa shape index (κ1) is 16.2. The van der Waals surface area contributed by atoms with Crippen molar-refractivity contribution in [2.45, 2.75) is 32.7 Å². The lowest BCUT2D eigenvalue weighted by atomic mass is 10.0. The standard InChI is InChI=1S/C15H22N2O3/c1-2-5-12(9-16)15(20)17-10-13-7-4-3-6-11(13)8-14(18)19/h3-4,6-7,12H,2,5,8-10,16H2,1H3,(H,17,20)(H,18,19). The smallest absolute Gasteiger partial charge is 0.307 e. The summed E-state index contributed by atoms with van der Waals surface area (Å²) < 4.78 is 0. The van der Waals surface area contributed by atoms with Crippen LogP contribution in [0.1, 0.15) is 30.9 Å². The quantitative estimate of drug-likeness (QED) is 0.668. The number of rotatable bonds is 8. The number of carbonyl (C=O) groups excluding carboxylic acids is 1. The molecule has 1 atom stereocenters. The van der Waals surface area contributed by atoms with Crippen LogP contribution in [0.3, 0.4) is 0 Å². The Labute approximate surface area is 119 Å². The van der Waals surface area contributed by atoms with Crippen molar-refractivity contribution in [2.24, 2.45) is 11.7 Å². The molecule has 0 aliphatic rings. The molecule has 0 fully saturated rings. The molecule has 1 unspecified atom stereocenters. The number of carboxylic acids is 1. The number of amides is 1. The topological polar surface area (TPSA) is 92.4 Å². The fraction of sp³-hybridized carbons (Fsp3) is 0.467. The van der Waals surface area contributed by atoms with Gasteiger partial charge >= 0.3 is 5.97 Å². The molecule has 0 saturated carbocycles. The van der Waals surface area contributed by atoms with Crippen molar-refractivity contribution in [3.8, 4) is 0 Å². The molecular formula is C15H22N2O3.